The van der Waals surface area contributed by atoms with Crippen molar-refractivity contribution in [3.05, 3.63) is 66.6 Å². The highest BCUT2D eigenvalue weighted by molar-refractivity contribution is 5.85. The summed E-state index contributed by atoms with van der Waals surface area (Å²) in [5.74, 6) is 0. The van der Waals surface area contributed by atoms with E-state index in [0.29, 0.717) is 6.61 Å². The molecule has 0 fully saturated rings. The van der Waals surface area contributed by atoms with Crippen LogP contribution in [0, 0.1) is 0 Å². The average Bonchev–Trinajstić information content (AvgIpc) is 2.30. The SMILES string of the molecule is C=C=COCc1cccc2ccccc12. The van der Waals surface area contributed by atoms with Crippen molar-refractivity contribution in [2.24, 2.45) is 0 Å². The van der Waals surface area contributed by atoms with Gasteiger partial charge in [-0.2, -0.15) is 0 Å². The lowest BCUT2D eigenvalue weighted by molar-refractivity contribution is 0.238. The first-order valence-electron chi connectivity index (χ1n) is 4.84. The van der Waals surface area contributed by atoms with Crippen LogP contribution in [0.1, 0.15) is 5.56 Å². The van der Waals surface area contributed by atoms with Gasteiger partial charge < -0.3 is 4.74 Å². The lowest BCUT2D eigenvalue weighted by Crippen LogP contribution is -1.87. The highest BCUT2D eigenvalue weighted by Crippen LogP contribution is 2.18. The van der Waals surface area contributed by atoms with E-state index in [1.165, 1.54) is 22.6 Å². The summed E-state index contributed by atoms with van der Waals surface area (Å²) in [5, 5.41) is 2.47. The van der Waals surface area contributed by atoms with Crippen molar-refractivity contribution in [2.45, 2.75) is 6.61 Å². The summed E-state index contributed by atoms with van der Waals surface area (Å²) in [6.45, 7) is 4.01. The molecule has 74 valence electrons. The molecule has 0 saturated heterocycles. The first-order valence-corrected chi connectivity index (χ1v) is 4.84. The Kier molecular flexibility index (Phi) is 2.87. The van der Waals surface area contributed by atoms with Gasteiger partial charge in [-0.3, -0.25) is 0 Å². The zero-order chi connectivity index (χ0) is 10.5. The molecule has 15 heavy (non-hydrogen) atoms. The number of fused-ring (bicyclic) bond motifs is 1. The van der Waals surface area contributed by atoms with Crippen LogP contribution < -0.4 is 0 Å². The van der Waals surface area contributed by atoms with Crippen molar-refractivity contribution in [3.63, 3.8) is 0 Å². The molecule has 0 saturated carbocycles. The van der Waals surface area contributed by atoms with Crippen molar-refractivity contribution in [1.29, 1.82) is 0 Å². The fraction of sp³-hybridized carbons (Fsp3) is 0.0714. The average molecular weight is 196 g/mol. The molecule has 0 aromatic heterocycles. The Hall–Kier alpha value is -1.98. The van der Waals surface area contributed by atoms with Crippen LogP contribution in [-0.4, -0.2) is 0 Å². The molecule has 0 unspecified atom stereocenters. The number of ether oxygens (including phenoxy) is 1. The molecule has 0 amide bonds. The third kappa shape index (κ3) is 2.09. The second-order valence-corrected chi connectivity index (χ2v) is 3.27. The largest absolute Gasteiger partial charge is 0.488 e. The van der Waals surface area contributed by atoms with Crippen LogP contribution in [0.5, 0.6) is 0 Å². The van der Waals surface area contributed by atoms with Gasteiger partial charge in [-0.05, 0) is 16.3 Å². The van der Waals surface area contributed by atoms with Gasteiger partial charge in [0.25, 0.3) is 0 Å². The number of hydrogen-bond acceptors (Lipinski definition) is 1. The zero-order valence-corrected chi connectivity index (χ0v) is 8.44. The highest BCUT2D eigenvalue weighted by Gasteiger charge is 1.98. The van der Waals surface area contributed by atoms with Gasteiger partial charge in [-0.15, -0.1) is 0 Å². The third-order valence-corrected chi connectivity index (χ3v) is 2.29. The molecule has 0 atom stereocenters. The van der Waals surface area contributed by atoms with Crippen LogP contribution in [0.25, 0.3) is 10.8 Å². The van der Waals surface area contributed by atoms with Crippen molar-refractivity contribution >= 4 is 10.8 Å². The van der Waals surface area contributed by atoms with Crippen LogP contribution in [0.4, 0.5) is 0 Å². The van der Waals surface area contributed by atoms with Gasteiger partial charge in [0.15, 0.2) is 0 Å². The van der Waals surface area contributed by atoms with E-state index in [2.05, 4.69) is 36.6 Å². The fourth-order valence-electron chi connectivity index (χ4n) is 1.61. The molecule has 2 aromatic carbocycles. The summed E-state index contributed by atoms with van der Waals surface area (Å²) in [4.78, 5) is 0. The third-order valence-electron chi connectivity index (χ3n) is 2.29. The molecule has 0 aliphatic carbocycles. The van der Waals surface area contributed by atoms with E-state index in [9.17, 15) is 0 Å². The van der Waals surface area contributed by atoms with Gasteiger partial charge in [-0.25, -0.2) is 0 Å². The smallest absolute Gasteiger partial charge is 0.125 e. The molecule has 2 rings (SSSR count). The second-order valence-electron chi connectivity index (χ2n) is 3.27. The van der Waals surface area contributed by atoms with Gasteiger partial charge in [0, 0.05) is 0 Å². The Morgan fingerprint density at radius 2 is 1.93 bits per heavy atom. The maximum absolute atomic E-state index is 5.28. The molecule has 0 aliphatic rings. The molecular formula is C14H12O. The number of benzene rings is 2. The van der Waals surface area contributed by atoms with Crippen molar-refractivity contribution < 1.29 is 4.74 Å². The Balaban J connectivity index is 2.37. The van der Waals surface area contributed by atoms with Gasteiger partial charge in [0.1, 0.15) is 12.9 Å². The lowest BCUT2D eigenvalue weighted by atomic mass is 10.1. The summed E-state index contributed by atoms with van der Waals surface area (Å²) in [7, 11) is 0. The van der Waals surface area contributed by atoms with Crippen LogP contribution in [-0.2, 0) is 11.3 Å². The quantitative estimate of drug-likeness (QED) is 0.537. The molecular weight excluding hydrogens is 184 g/mol. The highest BCUT2D eigenvalue weighted by atomic mass is 16.5. The molecule has 0 radical (unpaired) electrons. The minimum Gasteiger partial charge on any atom is -0.488 e. The summed E-state index contributed by atoms with van der Waals surface area (Å²) in [5.41, 5.74) is 3.77. The standard InChI is InChI=1S/C14H12O/c1-2-10-15-11-13-8-5-7-12-6-3-4-9-14(12)13/h3-10H,1,11H2. The fourth-order valence-corrected chi connectivity index (χ4v) is 1.61. The monoisotopic (exact) mass is 196 g/mol. The van der Waals surface area contributed by atoms with E-state index >= 15 is 0 Å². The first kappa shape index (κ1) is 9.57. The van der Waals surface area contributed by atoms with E-state index in [4.69, 9.17) is 4.74 Å². The lowest BCUT2D eigenvalue weighted by Gasteiger charge is -2.05. The van der Waals surface area contributed by atoms with E-state index in [1.807, 2.05) is 18.2 Å². The molecule has 2 aromatic rings. The minimum absolute atomic E-state index is 0.559. The summed E-state index contributed by atoms with van der Waals surface area (Å²) in [6.07, 6.45) is 1.49. The summed E-state index contributed by atoms with van der Waals surface area (Å²) >= 11 is 0. The molecule has 1 nitrogen and oxygen atoms in total. The molecule has 0 spiro atoms. The molecule has 0 heterocycles. The normalized spacial score (nSPS) is 9.60. The maximum atomic E-state index is 5.28. The Labute approximate surface area is 89.3 Å². The van der Waals surface area contributed by atoms with Crippen LogP contribution in [0.15, 0.2) is 61.0 Å². The van der Waals surface area contributed by atoms with Gasteiger partial charge >= 0.3 is 0 Å². The van der Waals surface area contributed by atoms with Gasteiger partial charge in [0.05, 0.1) is 0 Å². The van der Waals surface area contributed by atoms with E-state index in [-0.39, 0.29) is 0 Å². The van der Waals surface area contributed by atoms with Crippen LogP contribution >= 0.6 is 0 Å². The number of rotatable bonds is 3. The van der Waals surface area contributed by atoms with Gasteiger partial charge in [0.2, 0.25) is 0 Å². The summed E-state index contributed by atoms with van der Waals surface area (Å²) in [6, 6.07) is 14.5. The first-order chi connectivity index (χ1) is 7.42. The molecule has 0 bridgehead atoms. The van der Waals surface area contributed by atoms with Gasteiger partial charge in [-0.1, -0.05) is 54.8 Å². The molecule has 1 heteroatoms. The maximum Gasteiger partial charge on any atom is 0.125 e. The Morgan fingerprint density at radius 3 is 2.80 bits per heavy atom. The van der Waals surface area contributed by atoms with E-state index in [1.54, 1.807) is 0 Å². The second kappa shape index (κ2) is 4.50. The Bertz CT molecular complexity index is 502. The Morgan fingerprint density at radius 1 is 1.13 bits per heavy atom. The zero-order valence-electron chi connectivity index (χ0n) is 8.44. The van der Waals surface area contributed by atoms with Crippen molar-refractivity contribution in [1.82, 2.24) is 0 Å². The topological polar surface area (TPSA) is 9.23 Å². The van der Waals surface area contributed by atoms with Crippen molar-refractivity contribution in [2.75, 3.05) is 0 Å². The predicted molar refractivity (Wildman–Crippen MR) is 62.4 cm³/mol. The van der Waals surface area contributed by atoms with E-state index in [0.717, 1.165) is 0 Å². The molecule has 0 aliphatic heterocycles. The number of hydrogen-bond donors (Lipinski definition) is 0. The molecule has 0 N–H and O–H groups in total. The minimum atomic E-state index is 0.559. The summed E-state index contributed by atoms with van der Waals surface area (Å²) < 4.78 is 5.28. The van der Waals surface area contributed by atoms with Crippen molar-refractivity contribution in [3.8, 4) is 0 Å². The van der Waals surface area contributed by atoms with Crippen LogP contribution in [0.2, 0.25) is 0 Å². The van der Waals surface area contributed by atoms with Crippen LogP contribution in [0.3, 0.4) is 0 Å². The van der Waals surface area contributed by atoms with E-state index < -0.39 is 0 Å². The predicted octanol–water partition coefficient (Wildman–Crippen LogP) is 3.66.